The maximum Gasteiger partial charge on any atom is 0.164 e. The van der Waals surface area contributed by atoms with Gasteiger partial charge in [-0.3, -0.25) is 0 Å². The molecule has 0 bridgehead atoms. The average Bonchev–Trinajstić information content (AvgIpc) is 3.92. The molecule has 0 unspecified atom stereocenters. The van der Waals surface area contributed by atoms with Crippen molar-refractivity contribution in [1.29, 1.82) is 0 Å². The highest BCUT2D eigenvalue weighted by molar-refractivity contribution is 7.27. The van der Waals surface area contributed by atoms with Crippen LogP contribution in [0.1, 0.15) is 0 Å². The SMILES string of the molecule is c1ccc2c(c1)cc(-c1nc(-c3cccc4oc5ccccc5c34)nc(-c3cc4ccccc4c4sc5ccccc5c34)n1)c1c3ccccc3sc21. The monoisotopic (exact) mass is 711 g/mol. The van der Waals surface area contributed by atoms with E-state index in [1.54, 1.807) is 0 Å². The number of fused-ring (bicyclic) bond motifs is 13. The van der Waals surface area contributed by atoms with Crippen LogP contribution in [0.25, 0.3) is 118 Å². The Labute approximate surface area is 310 Å². The summed E-state index contributed by atoms with van der Waals surface area (Å²) in [6.45, 7) is 0. The number of furan rings is 1. The van der Waals surface area contributed by atoms with Crippen LogP contribution in [0, 0.1) is 0 Å². The lowest BCUT2D eigenvalue weighted by Crippen LogP contribution is -2.01. The molecule has 8 aromatic carbocycles. The predicted octanol–water partition coefficient (Wildman–Crippen LogP) is 13.8. The van der Waals surface area contributed by atoms with Gasteiger partial charge in [-0.15, -0.1) is 22.7 Å². The predicted molar refractivity (Wildman–Crippen MR) is 224 cm³/mol. The molecule has 246 valence electrons. The Kier molecular flexibility index (Phi) is 6.06. The molecule has 0 atom stereocenters. The number of aromatic nitrogens is 3. The van der Waals surface area contributed by atoms with Crippen molar-refractivity contribution in [2.75, 3.05) is 0 Å². The Morgan fingerprint density at radius 1 is 0.358 bits per heavy atom. The Bertz CT molecular complexity index is 3310. The van der Waals surface area contributed by atoms with Crippen molar-refractivity contribution in [2.45, 2.75) is 0 Å². The molecule has 0 radical (unpaired) electrons. The fourth-order valence-electron chi connectivity index (χ4n) is 8.17. The van der Waals surface area contributed by atoms with Gasteiger partial charge in [-0.05, 0) is 57.9 Å². The van der Waals surface area contributed by atoms with Crippen LogP contribution in [0.3, 0.4) is 0 Å². The first kappa shape index (κ1) is 29.1. The van der Waals surface area contributed by atoms with Crippen molar-refractivity contribution in [3.05, 3.63) is 152 Å². The maximum absolute atomic E-state index is 6.36. The van der Waals surface area contributed by atoms with Crippen molar-refractivity contribution in [3.8, 4) is 34.2 Å². The second kappa shape index (κ2) is 11.0. The summed E-state index contributed by atoms with van der Waals surface area (Å²) in [7, 11) is 0. The molecule has 0 fully saturated rings. The van der Waals surface area contributed by atoms with E-state index in [9.17, 15) is 0 Å². The van der Waals surface area contributed by atoms with Gasteiger partial charge >= 0.3 is 0 Å². The molecule has 12 aromatic rings. The van der Waals surface area contributed by atoms with Crippen LogP contribution in [0.15, 0.2) is 156 Å². The van der Waals surface area contributed by atoms with Crippen molar-refractivity contribution < 1.29 is 4.42 Å². The smallest absolute Gasteiger partial charge is 0.164 e. The third-order valence-electron chi connectivity index (χ3n) is 10.5. The molecule has 0 aliphatic heterocycles. The topological polar surface area (TPSA) is 51.8 Å². The number of thiophene rings is 2. The molecule has 4 nitrogen and oxygen atoms in total. The summed E-state index contributed by atoms with van der Waals surface area (Å²) >= 11 is 3.66. The molecule has 6 heteroatoms. The first-order valence-electron chi connectivity index (χ1n) is 17.6. The first-order chi connectivity index (χ1) is 26.3. The summed E-state index contributed by atoms with van der Waals surface area (Å²) < 4.78 is 11.3. The quantitative estimate of drug-likeness (QED) is 0.183. The lowest BCUT2D eigenvalue weighted by atomic mass is 9.98. The van der Waals surface area contributed by atoms with Crippen LogP contribution in [-0.2, 0) is 0 Å². The van der Waals surface area contributed by atoms with Crippen LogP contribution in [-0.4, -0.2) is 15.0 Å². The van der Waals surface area contributed by atoms with Crippen LogP contribution < -0.4 is 0 Å². The van der Waals surface area contributed by atoms with E-state index >= 15 is 0 Å². The zero-order chi connectivity index (χ0) is 34.6. The number of hydrogen-bond acceptors (Lipinski definition) is 6. The fourth-order valence-corrected chi connectivity index (χ4v) is 10.7. The standard InChI is InChI=1S/C47H25N3OS2/c1-3-14-28-26(12-1)24-34(41-31-17-6-9-22-38(31)52-43(28)41)46-48-45(33-19-11-21-37-40(33)30-16-5-8-20-36(30)51-37)49-47(50-46)35-25-27-13-2-4-15-29(27)44-42(35)32-18-7-10-23-39(32)53-44/h1-25H. The highest BCUT2D eigenvalue weighted by Crippen LogP contribution is 2.47. The van der Waals surface area contributed by atoms with Gasteiger partial charge in [0.1, 0.15) is 11.2 Å². The third-order valence-corrected chi connectivity index (χ3v) is 12.9. The molecule has 0 saturated carbocycles. The summed E-state index contributed by atoms with van der Waals surface area (Å²) in [5.74, 6) is 1.91. The molecule has 0 saturated heterocycles. The Morgan fingerprint density at radius 2 is 0.811 bits per heavy atom. The Hall–Kier alpha value is -6.47. The molecule has 4 heterocycles. The third kappa shape index (κ3) is 4.25. The number of nitrogens with zero attached hydrogens (tertiary/aromatic N) is 3. The van der Waals surface area contributed by atoms with E-state index in [0.717, 1.165) is 49.4 Å². The number of para-hydroxylation sites is 1. The number of hydrogen-bond donors (Lipinski definition) is 0. The molecule has 0 N–H and O–H groups in total. The highest BCUT2D eigenvalue weighted by Gasteiger charge is 2.23. The van der Waals surface area contributed by atoms with Crippen LogP contribution in [0.5, 0.6) is 0 Å². The minimum absolute atomic E-state index is 0.615. The van der Waals surface area contributed by atoms with Crippen molar-refractivity contribution in [3.63, 3.8) is 0 Å². The van der Waals surface area contributed by atoms with Gasteiger partial charge in [0.2, 0.25) is 0 Å². The van der Waals surface area contributed by atoms with Gasteiger partial charge < -0.3 is 4.42 Å². The van der Waals surface area contributed by atoms with Gasteiger partial charge in [-0.1, -0.05) is 115 Å². The van der Waals surface area contributed by atoms with E-state index in [2.05, 4.69) is 127 Å². The summed E-state index contributed by atoms with van der Waals surface area (Å²) in [5, 5.41) is 11.6. The molecular formula is C47H25N3OS2. The van der Waals surface area contributed by atoms with E-state index in [-0.39, 0.29) is 0 Å². The Morgan fingerprint density at radius 3 is 1.40 bits per heavy atom. The fraction of sp³-hybridized carbons (Fsp3) is 0. The molecule has 12 rings (SSSR count). The minimum atomic E-state index is 0.615. The average molecular weight is 712 g/mol. The van der Waals surface area contributed by atoms with Crippen LogP contribution in [0.2, 0.25) is 0 Å². The lowest BCUT2D eigenvalue weighted by Gasteiger charge is -2.13. The normalized spacial score (nSPS) is 12.2. The number of rotatable bonds is 3. The second-order valence-electron chi connectivity index (χ2n) is 13.5. The number of benzene rings is 8. The van der Waals surface area contributed by atoms with Gasteiger partial charge in [-0.25, -0.2) is 15.0 Å². The second-order valence-corrected chi connectivity index (χ2v) is 15.6. The van der Waals surface area contributed by atoms with Gasteiger partial charge in [0.05, 0.1) is 0 Å². The zero-order valence-electron chi connectivity index (χ0n) is 28.0. The van der Waals surface area contributed by atoms with Crippen molar-refractivity contribution in [1.82, 2.24) is 15.0 Å². The van der Waals surface area contributed by atoms with E-state index in [0.29, 0.717) is 17.5 Å². The largest absolute Gasteiger partial charge is 0.456 e. The lowest BCUT2D eigenvalue weighted by molar-refractivity contribution is 0.669. The molecule has 0 aliphatic rings. The van der Waals surface area contributed by atoms with Gasteiger partial charge in [0.25, 0.3) is 0 Å². The van der Waals surface area contributed by atoms with E-state index < -0.39 is 0 Å². The van der Waals surface area contributed by atoms with E-state index in [1.807, 2.05) is 46.9 Å². The molecule has 4 aromatic heterocycles. The molecule has 0 aliphatic carbocycles. The molecule has 0 amide bonds. The first-order valence-corrected chi connectivity index (χ1v) is 19.2. The summed E-state index contributed by atoms with van der Waals surface area (Å²) in [6.07, 6.45) is 0. The highest BCUT2D eigenvalue weighted by atomic mass is 32.1. The van der Waals surface area contributed by atoms with Crippen LogP contribution in [0.4, 0.5) is 0 Å². The van der Waals surface area contributed by atoms with E-state index in [4.69, 9.17) is 19.4 Å². The van der Waals surface area contributed by atoms with Crippen LogP contribution >= 0.6 is 22.7 Å². The van der Waals surface area contributed by atoms with Gasteiger partial charge in [0.15, 0.2) is 17.5 Å². The zero-order valence-corrected chi connectivity index (χ0v) is 29.6. The molecule has 0 spiro atoms. The van der Waals surface area contributed by atoms with Crippen molar-refractivity contribution in [2.24, 2.45) is 0 Å². The summed E-state index contributed by atoms with van der Waals surface area (Å²) in [5.41, 5.74) is 4.55. The van der Waals surface area contributed by atoms with Crippen molar-refractivity contribution >= 4 is 107 Å². The Balaban J connectivity index is 1.25. The molecule has 53 heavy (non-hydrogen) atoms. The maximum atomic E-state index is 6.36. The summed E-state index contributed by atoms with van der Waals surface area (Å²) in [6, 6.07) is 53.5. The minimum Gasteiger partial charge on any atom is -0.456 e. The molecular weight excluding hydrogens is 687 g/mol. The summed E-state index contributed by atoms with van der Waals surface area (Å²) in [4.78, 5) is 16.3. The van der Waals surface area contributed by atoms with E-state index in [1.165, 1.54) is 51.1 Å². The van der Waals surface area contributed by atoms with Gasteiger partial charge in [0, 0.05) is 67.8 Å². The van der Waals surface area contributed by atoms with Gasteiger partial charge in [-0.2, -0.15) is 0 Å².